The van der Waals surface area contributed by atoms with E-state index in [2.05, 4.69) is 29.5 Å². The molecule has 2 unspecified atom stereocenters. The van der Waals surface area contributed by atoms with Crippen molar-refractivity contribution in [3.8, 4) is 0 Å². The molecule has 0 aromatic rings. The van der Waals surface area contributed by atoms with Crippen LogP contribution in [-0.4, -0.2) is 10.1 Å². The van der Waals surface area contributed by atoms with Gasteiger partial charge in [-0.2, -0.15) is 0 Å². The van der Waals surface area contributed by atoms with Gasteiger partial charge in [0.15, 0.2) is 0 Å². The molecule has 0 heterocycles. The fourth-order valence-electron chi connectivity index (χ4n) is 0.505. The third-order valence-electron chi connectivity index (χ3n) is 1.06. The van der Waals surface area contributed by atoms with Crippen LogP contribution in [0.2, 0.25) is 0 Å². The predicted molar refractivity (Wildman–Crippen MR) is 43.3 cm³/mol. The van der Waals surface area contributed by atoms with Gasteiger partial charge >= 0.3 is 0 Å². The zero-order valence-corrected chi connectivity index (χ0v) is 7.48. The molecule has 0 fully saturated rings. The number of halogens is 2. The highest BCUT2D eigenvalue weighted by Crippen LogP contribution is 2.14. The molecular weight excluding hydrogens is 218 g/mol. The first-order valence-electron chi connectivity index (χ1n) is 2.96. The molecular formula is C6H12FI. The summed E-state index contributed by atoms with van der Waals surface area (Å²) in [6.45, 7) is 3.70. The molecule has 0 aromatic heterocycles. The molecule has 2 heteroatoms. The molecule has 0 bridgehead atoms. The molecule has 0 saturated heterocycles. The van der Waals surface area contributed by atoms with Crippen molar-refractivity contribution in [2.24, 2.45) is 0 Å². The Kier molecular flexibility index (Phi) is 4.90. The largest absolute Gasteiger partial charge is 0.247 e. The van der Waals surface area contributed by atoms with E-state index in [1.807, 2.05) is 0 Å². The number of hydrogen-bond acceptors (Lipinski definition) is 0. The Bertz CT molecular complexity index is 54.5. The summed E-state index contributed by atoms with van der Waals surface area (Å²) in [5.74, 6) is 0. The van der Waals surface area contributed by atoms with Crippen LogP contribution in [-0.2, 0) is 0 Å². The summed E-state index contributed by atoms with van der Waals surface area (Å²) in [5, 5.41) is 0. The summed E-state index contributed by atoms with van der Waals surface area (Å²) in [6.07, 6.45) is 1.44. The molecule has 0 saturated carbocycles. The van der Waals surface area contributed by atoms with Crippen molar-refractivity contribution < 1.29 is 4.39 Å². The molecule has 0 aliphatic rings. The number of rotatable bonds is 3. The van der Waals surface area contributed by atoms with Gasteiger partial charge in [0.25, 0.3) is 0 Å². The SMILES string of the molecule is CCCC(I)C(C)F. The van der Waals surface area contributed by atoms with Crippen LogP contribution >= 0.6 is 22.6 Å². The molecule has 0 aliphatic heterocycles. The second-order valence-electron chi connectivity index (χ2n) is 1.98. The Labute approximate surface area is 64.0 Å². The molecule has 8 heavy (non-hydrogen) atoms. The Morgan fingerprint density at radius 3 is 2.25 bits per heavy atom. The highest BCUT2D eigenvalue weighted by molar-refractivity contribution is 14.1. The quantitative estimate of drug-likeness (QED) is 0.516. The van der Waals surface area contributed by atoms with Crippen molar-refractivity contribution in [1.82, 2.24) is 0 Å². The first-order valence-corrected chi connectivity index (χ1v) is 4.21. The lowest BCUT2D eigenvalue weighted by atomic mass is 10.2. The topological polar surface area (TPSA) is 0 Å². The van der Waals surface area contributed by atoms with Gasteiger partial charge in [0.2, 0.25) is 0 Å². The Morgan fingerprint density at radius 1 is 1.62 bits per heavy atom. The summed E-state index contributed by atoms with van der Waals surface area (Å²) in [6, 6.07) is 0. The molecule has 0 nitrogen and oxygen atoms in total. The minimum atomic E-state index is -0.643. The van der Waals surface area contributed by atoms with Crippen molar-refractivity contribution in [3.63, 3.8) is 0 Å². The summed E-state index contributed by atoms with van der Waals surface area (Å²) in [4.78, 5) is 0. The lowest BCUT2D eigenvalue weighted by Gasteiger charge is -2.07. The molecule has 0 N–H and O–H groups in total. The van der Waals surface area contributed by atoms with Crippen molar-refractivity contribution in [1.29, 1.82) is 0 Å². The van der Waals surface area contributed by atoms with E-state index < -0.39 is 6.17 Å². The minimum absolute atomic E-state index is 0.220. The van der Waals surface area contributed by atoms with Crippen molar-refractivity contribution >= 4 is 22.6 Å². The van der Waals surface area contributed by atoms with Crippen LogP contribution in [0.15, 0.2) is 0 Å². The zero-order valence-electron chi connectivity index (χ0n) is 5.32. The third-order valence-corrected chi connectivity index (χ3v) is 2.68. The summed E-state index contributed by atoms with van der Waals surface area (Å²) >= 11 is 2.16. The van der Waals surface area contributed by atoms with E-state index in [4.69, 9.17) is 0 Å². The molecule has 0 amide bonds. The summed E-state index contributed by atoms with van der Waals surface area (Å²) < 4.78 is 12.5. The van der Waals surface area contributed by atoms with Gasteiger partial charge in [-0.1, -0.05) is 35.9 Å². The van der Waals surface area contributed by atoms with E-state index in [1.54, 1.807) is 6.92 Å². The number of alkyl halides is 2. The van der Waals surface area contributed by atoms with Gasteiger partial charge in [-0.3, -0.25) is 0 Å². The van der Waals surface area contributed by atoms with E-state index in [-0.39, 0.29) is 3.92 Å². The van der Waals surface area contributed by atoms with Crippen LogP contribution in [0.1, 0.15) is 26.7 Å². The molecule has 0 aliphatic carbocycles. The van der Waals surface area contributed by atoms with Gasteiger partial charge in [-0.25, -0.2) is 4.39 Å². The van der Waals surface area contributed by atoms with E-state index >= 15 is 0 Å². The molecule has 0 spiro atoms. The lowest BCUT2D eigenvalue weighted by molar-refractivity contribution is 0.350. The minimum Gasteiger partial charge on any atom is -0.247 e. The van der Waals surface area contributed by atoms with Gasteiger partial charge in [0.1, 0.15) is 6.17 Å². The van der Waals surface area contributed by atoms with Crippen LogP contribution in [0, 0.1) is 0 Å². The van der Waals surface area contributed by atoms with E-state index in [0.717, 1.165) is 12.8 Å². The zero-order chi connectivity index (χ0) is 6.57. The monoisotopic (exact) mass is 230 g/mol. The lowest BCUT2D eigenvalue weighted by Crippen LogP contribution is -2.09. The van der Waals surface area contributed by atoms with Gasteiger partial charge in [-0.15, -0.1) is 0 Å². The van der Waals surface area contributed by atoms with E-state index in [0.29, 0.717) is 0 Å². The second-order valence-corrected chi connectivity index (χ2v) is 3.58. The fraction of sp³-hybridized carbons (Fsp3) is 1.00. The fourth-order valence-corrected chi connectivity index (χ4v) is 1.13. The maximum absolute atomic E-state index is 12.3. The van der Waals surface area contributed by atoms with Gasteiger partial charge in [0.05, 0.1) is 0 Å². The summed E-state index contributed by atoms with van der Waals surface area (Å²) in [7, 11) is 0. The van der Waals surface area contributed by atoms with E-state index in [9.17, 15) is 4.39 Å². The normalized spacial score (nSPS) is 18.0. The van der Waals surface area contributed by atoms with Crippen LogP contribution in [0.25, 0.3) is 0 Å². The van der Waals surface area contributed by atoms with Crippen LogP contribution in [0.3, 0.4) is 0 Å². The van der Waals surface area contributed by atoms with Crippen molar-refractivity contribution in [3.05, 3.63) is 0 Å². The first kappa shape index (κ1) is 8.66. The maximum atomic E-state index is 12.3. The average molecular weight is 230 g/mol. The van der Waals surface area contributed by atoms with E-state index in [1.165, 1.54) is 0 Å². The molecule has 0 rings (SSSR count). The van der Waals surface area contributed by atoms with Crippen LogP contribution in [0.5, 0.6) is 0 Å². The second kappa shape index (κ2) is 4.53. The Balaban J connectivity index is 3.17. The highest BCUT2D eigenvalue weighted by Gasteiger charge is 2.09. The third kappa shape index (κ3) is 3.64. The molecule has 50 valence electrons. The van der Waals surface area contributed by atoms with Crippen LogP contribution in [0.4, 0.5) is 4.39 Å². The Hall–Kier alpha value is 0.660. The van der Waals surface area contributed by atoms with Crippen molar-refractivity contribution in [2.75, 3.05) is 0 Å². The smallest absolute Gasteiger partial charge is 0.109 e. The van der Waals surface area contributed by atoms with Crippen molar-refractivity contribution in [2.45, 2.75) is 36.8 Å². The van der Waals surface area contributed by atoms with Gasteiger partial charge in [-0.05, 0) is 13.3 Å². The Morgan fingerprint density at radius 2 is 2.12 bits per heavy atom. The first-order chi connectivity index (χ1) is 3.68. The summed E-state index contributed by atoms with van der Waals surface area (Å²) in [5.41, 5.74) is 0. The molecule has 0 aromatic carbocycles. The maximum Gasteiger partial charge on any atom is 0.109 e. The van der Waals surface area contributed by atoms with Gasteiger partial charge < -0.3 is 0 Å². The average Bonchev–Trinajstić information content (AvgIpc) is 1.67. The standard InChI is InChI=1S/C6H12FI/c1-3-4-6(8)5(2)7/h5-6H,3-4H2,1-2H3. The molecule has 0 radical (unpaired) electrons. The van der Waals surface area contributed by atoms with Crippen LogP contribution < -0.4 is 0 Å². The van der Waals surface area contributed by atoms with Gasteiger partial charge in [0, 0.05) is 3.92 Å². The number of hydrogen-bond donors (Lipinski definition) is 0. The highest BCUT2D eigenvalue weighted by atomic mass is 127. The molecule has 2 atom stereocenters. The predicted octanol–water partition coefficient (Wildman–Crippen LogP) is 2.95.